The quantitative estimate of drug-likeness (QED) is 0.684. The van der Waals surface area contributed by atoms with Gasteiger partial charge in [-0.1, -0.05) is 26.7 Å². The van der Waals surface area contributed by atoms with Crippen molar-refractivity contribution in [3.8, 4) is 0 Å². The van der Waals surface area contributed by atoms with Gasteiger partial charge in [-0.05, 0) is 33.1 Å². The van der Waals surface area contributed by atoms with Crippen LogP contribution in [0.25, 0.3) is 0 Å². The molecule has 0 rings (SSSR count). The third kappa shape index (κ3) is 7.36. The summed E-state index contributed by atoms with van der Waals surface area (Å²) in [7, 11) is 1.81. The molecule has 5 nitrogen and oxygen atoms in total. The maximum atomic E-state index is 12.0. The Labute approximate surface area is 122 Å². The standard InChI is InChI=1S/C15H30N2O3/c1-6-8-13(4)17(5)15(20)16-12(3)10-7-9-11(2)14(18)19/h11-13H,6-10H2,1-5H3,(H,16,20)(H,18,19). The molecule has 0 radical (unpaired) electrons. The number of hydrogen-bond donors (Lipinski definition) is 2. The second-order valence-corrected chi connectivity index (χ2v) is 5.77. The first-order valence-electron chi connectivity index (χ1n) is 7.55. The first-order valence-corrected chi connectivity index (χ1v) is 7.55. The molecule has 0 aromatic heterocycles. The molecule has 0 spiro atoms. The first kappa shape index (κ1) is 18.7. The molecular weight excluding hydrogens is 256 g/mol. The van der Waals surface area contributed by atoms with E-state index in [1.165, 1.54) is 0 Å². The number of carboxylic acids is 1. The third-order valence-electron chi connectivity index (χ3n) is 3.75. The van der Waals surface area contributed by atoms with E-state index in [2.05, 4.69) is 12.2 Å². The third-order valence-corrected chi connectivity index (χ3v) is 3.75. The van der Waals surface area contributed by atoms with Gasteiger partial charge in [-0.15, -0.1) is 0 Å². The number of amides is 2. The molecule has 0 aliphatic carbocycles. The van der Waals surface area contributed by atoms with Crippen molar-refractivity contribution in [2.75, 3.05) is 7.05 Å². The Morgan fingerprint density at radius 1 is 1.15 bits per heavy atom. The van der Waals surface area contributed by atoms with Gasteiger partial charge in [0.1, 0.15) is 0 Å². The number of carbonyl (C=O) groups is 2. The molecular formula is C15H30N2O3. The summed E-state index contributed by atoms with van der Waals surface area (Å²) in [5.41, 5.74) is 0. The lowest BCUT2D eigenvalue weighted by Gasteiger charge is -2.26. The van der Waals surface area contributed by atoms with Crippen molar-refractivity contribution in [2.45, 2.75) is 71.9 Å². The van der Waals surface area contributed by atoms with E-state index in [0.29, 0.717) is 6.42 Å². The second-order valence-electron chi connectivity index (χ2n) is 5.77. The van der Waals surface area contributed by atoms with Gasteiger partial charge in [0.05, 0.1) is 5.92 Å². The molecule has 0 aliphatic heterocycles. The Balaban J connectivity index is 3.98. The molecule has 2 N–H and O–H groups in total. The Bertz CT molecular complexity index is 307. The van der Waals surface area contributed by atoms with Gasteiger partial charge in [-0.2, -0.15) is 0 Å². The van der Waals surface area contributed by atoms with E-state index in [4.69, 9.17) is 5.11 Å². The molecule has 0 bridgehead atoms. The number of nitrogens with zero attached hydrogens (tertiary/aromatic N) is 1. The summed E-state index contributed by atoms with van der Waals surface area (Å²) >= 11 is 0. The van der Waals surface area contributed by atoms with E-state index in [1.54, 1.807) is 11.8 Å². The number of aliphatic carboxylic acids is 1. The van der Waals surface area contributed by atoms with E-state index in [-0.39, 0.29) is 24.0 Å². The van der Waals surface area contributed by atoms with Crippen molar-refractivity contribution in [2.24, 2.45) is 5.92 Å². The molecule has 3 unspecified atom stereocenters. The van der Waals surface area contributed by atoms with Crippen LogP contribution in [-0.2, 0) is 4.79 Å². The molecule has 20 heavy (non-hydrogen) atoms. The number of hydrogen-bond acceptors (Lipinski definition) is 2. The van der Waals surface area contributed by atoms with Crippen LogP contribution in [0.15, 0.2) is 0 Å². The van der Waals surface area contributed by atoms with Crippen LogP contribution in [0.5, 0.6) is 0 Å². The van der Waals surface area contributed by atoms with Crippen LogP contribution in [0.2, 0.25) is 0 Å². The van der Waals surface area contributed by atoms with Gasteiger partial charge in [-0.3, -0.25) is 4.79 Å². The minimum absolute atomic E-state index is 0.0512. The van der Waals surface area contributed by atoms with Gasteiger partial charge in [0.15, 0.2) is 0 Å². The molecule has 0 fully saturated rings. The summed E-state index contributed by atoms with van der Waals surface area (Å²) < 4.78 is 0. The lowest BCUT2D eigenvalue weighted by molar-refractivity contribution is -0.141. The number of carbonyl (C=O) groups excluding carboxylic acids is 1. The monoisotopic (exact) mass is 286 g/mol. The molecule has 0 saturated heterocycles. The second kappa shape index (κ2) is 9.61. The highest BCUT2D eigenvalue weighted by molar-refractivity contribution is 5.74. The maximum Gasteiger partial charge on any atom is 0.317 e. The number of nitrogens with one attached hydrogen (secondary N) is 1. The van der Waals surface area contributed by atoms with Crippen LogP contribution in [0.1, 0.15) is 59.8 Å². The fourth-order valence-corrected chi connectivity index (χ4v) is 2.05. The van der Waals surface area contributed by atoms with Crippen molar-refractivity contribution in [1.29, 1.82) is 0 Å². The zero-order valence-corrected chi connectivity index (χ0v) is 13.5. The topological polar surface area (TPSA) is 69.6 Å². The zero-order chi connectivity index (χ0) is 15.7. The average molecular weight is 286 g/mol. The molecule has 0 heterocycles. The predicted octanol–water partition coefficient (Wildman–Crippen LogP) is 3.10. The minimum Gasteiger partial charge on any atom is -0.481 e. The van der Waals surface area contributed by atoms with Crippen molar-refractivity contribution >= 4 is 12.0 Å². The number of rotatable bonds is 9. The lowest BCUT2D eigenvalue weighted by atomic mass is 10.0. The van der Waals surface area contributed by atoms with Gasteiger partial charge in [0.2, 0.25) is 0 Å². The van der Waals surface area contributed by atoms with E-state index >= 15 is 0 Å². The molecule has 0 aromatic carbocycles. The molecule has 0 aliphatic rings. The summed E-state index contributed by atoms with van der Waals surface area (Å²) in [5, 5.41) is 11.8. The van der Waals surface area contributed by atoms with E-state index in [9.17, 15) is 9.59 Å². The Hall–Kier alpha value is -1.26. The van der Waals surface area contributed by atoms with Gasteiger partial charge < -0.3 is 15.3 Å². The van der Waals surface area contributed by atoms with Crippen LogP contribution >= 0.6 is 0 Å². The number of carboxylic acid groups (broad SMARTS) is 1. The van der Waals surface area contributed by atoms with Gasteiger partial charge in [0, 0.05) is 19.1 Å². The van der Waals surface area contributed by atoms with E-state index < -0.39 is 5.97 Å². The van der Waals surface area contributed by atoms with Crippen LogP contribution in [0, 0.1) is 5.92 Å². The van der Waals surface area contributed by atoms with Gasteiger partial charge >= 0.3 is 12.0 Å². The molecule has 5 heteroatoms. The fraction of sp³-hybridized carbons (Fsp3) is 0.867. The van der Waals surface area contributed by atoms with Crippen LogP contribution in [0.4, 0.5) is 4.79 Å². The van der Waals surface area contributed by atoms with Crippen LogP contribution < -0.4 is 5.32 Å². The molecule has 0 aromatic rings. The van der Waals surface area contributed by atoms with Gasteiger partial charge in [-0.25, -0.2) is 4.79 Å². The minimum atomic E-state index is -0.755. The average Bonchev–Trinajstić information content (AvgIpc) is 2.37. The molecule has 118 valence electrons. The predicted molar refractivity (Wildman–Crippen MR) is 80.8 cm³/mol. The number of urea groups is 1. The maximum absolute atomic E-state index is 12.0. The van der Waals surface area contributed by atoms with Crippen LogP contribution in [-0.4, -0.2) is 41.1 Å². The molecule has 2 amide bonds. The normalized spacial score (nSPS) is 15.2. The lowest BCUT2D eigenvalue weighted by Crippen LogP contribution is -2.45. The Kier molecular flexibility index (Phi) is 9.01. The highest BCUT2D eigenvalue weighted by Gasteiger charge is 2.17. The van der Waals surface area contributed by atoms with Crippen LogP contribution in [0.3, 0.4) is 0 Å². The summed E-state index contributed by atoms with van der Waals surface area (Å²) in [6.07, 6.45) is 4.32. The van der Waals surface area contributed by atoms with E-state index in [0.717, 1.165) is 25.7 Å². The Morgan fingerprint density at radius 2 is 1.75 bits per heavy atom. The van der Waals surface area contributed by atoms with E-state index in [1.807, 2.05) is 20.9 Å². The van der Waals surface area contributed by atoms with Crippen molar-refractivity contribution in [3.05, 3.63) is 0 Å². The Morgan fingerprint density at radius 3 is 2.25 bits per heavy atom. The van der Waals surface area contributed by atoms with Crippen molar-refractivity contribution in [1.82, 2.24) is 10.2 Å². The summed E-state index contributed by atoms with van der Waals surface area (Å²) in [6, 6.07) is 0.253. The van der Waals surface area contributed by atoms with Crippen molar-refractivity contribution < 1.29 is 14.7 Å². The fourth-order valence-electron chi connectivity index (χ4n) is 2.05. The highest BCUT2D eigenvalue weighted by Crippen LogP contribution is 2.10. The summed E-state index contributed by atoms with van der Waals surface area (Å²) in [4.78, 5) is 24.4. The van der Waals surface area contributed by atoms with Crippen molar-refractivity contribution in [3.63, 3.8) is 0 Å². The molecule has 3 atom stereocenters. The molecule has 0 saturated carbocycles. The summed E-state index contributed by atoms with van der Waals surface area (Å²) in [6.45, 7) is 7.82. The highest BCUT2D eigenvalue weighted by atomic mass is 16.4. The summed E-state index contributed by atoms with van der Waals surface area (Å²) in [5.74, 6) is -1.07. The van der Waals surface area contributed by atoms with Gasteiger partial charge in [0.25, 0.3) is 0 Å². The smallest absolute Gasteiger partial charge is 0.317 e. The first-order chi connectivity index (χ1) is 9.29. The largest absolute Gasteiger partial charge is 0.481 e. The zero-order valence-electron chi connectivity index (χ0n) is 13.5. The SMILES string of the molecule is CCCC(C)N(C)C(=O)NC(C)CCCC(C)C(=O)O.